The number of hydrogen-bond acceptors (Lipinski definition) is 3. The smallest absolute Gasteiger partial charge is 0.142 e. The van der Waals surface area contributed by atoms with Gasteiger partial charge in [-0.2, -0.15) is 0 Å². The van der Waals surface area contributed by atoms with Gasteiger partial charge in [-0.3, -0.25) is 4.79 Å². The van der Waals surface area contributed by atoms with Crippen molar-refractivity contribution in [3.63, 3.8) is 0 Å². The first-order valence-electron chi connectivity index (χ1n) is 4.07. The van der Waals surface area contributed by atoms with Gasteiger partial charge in [0, 0.05) is 25.0 Å². The molecule has 1 saturated heterocycles. The number of hydrogen-bond donors (Lipinski definition) is 1. The van der Waals surface area contributed by atoms with Crippen LogP contribution >= 0.6 is 0 Å². The zero-order valence-electron chi connectivity index (χ0n) is 6.88. The van der Waals surface area contributed by atoms with Gasteiger partial charge in [-0.1, -0.05) is 6.92 Å². The highest BCUT2D eigenvalue weighted by Gasteiger charge is 2.26. The zero-order valence-corrected chi connectivity index (χ0v) is 6.88. The molecule has 1 aliphatic rings. The molecular formula is C8H15NO2. The molecule has 0 aromatic rings. The summed E-state index contributed by atoms with van der Waals surface area (Å²) in [6.45, 7) is 3.66. The molecule has 0 aromatic heterocycles. The number of Topliss-reactive ketones (excluding diaryl/α,β-unsaturated/α-hetero) is 1. The van der Waals surface area contributed by atoms with Crippen molar-refractivity contribution in [2.24, 2.45) is 17.6 Å². The molecule has 0 bridgehead atoms. The van der Waals surface area contributed by atoms with E-state index in [0.29, 0.717) is 13.2 Å². The fourth-order valence-electron chi connectivity index (χ4n) is 1.28. The van der Waals surface area contributed by atoms with Gasteiger partial charge in [0.05, 0.1) is 6.61 Å². The van der Waals surface area contributed by atoms with Crippen molar-refractivity contribution in [3.05, 3.63) is 0 Å². The summed E-state index contributed by atoms with van der Waals surface area (Å²) in [6.07, 6.45) is 0.878. The molecule has 64 valence electrons. The lowest BCUT2D eigenvalue weighted by Crippen LogP contribution is -2.27. The number of carbonyl (C=O) groups is 1. The summed E-state index contributed by atoms with van der Waals surface area (Å²) in [5, 5.41) is 0. The number of ketones is 1. The van der Waals surface area contributed by atoms with Gasteiger partial charge >= 0.3 is 0 Å². The molecule has 11 heavy (non-hydrogen) atoms. The van der Waals surface area contributed by atoms with Gasteiger partial charge in [0.2, 0.25) is 0 Å². The van der Waals surface area contributed by atoms with E-state index in [-0.39, 0.29) is 17.6 Å². The van der Waals surface area contributed by atoms with E-state index in [1.165, 1.54) is 0 Å². The molecule has 1 heterocycles. The summed E-state index contributed by atoms with van der Waals surface area (Å²) < 4.78 is 5.11. The van der Waals surface area contributed by atoms with Crippen molar-refractivity contribution < 1.29 is 9.53 Å². The maximum Gasteiger partial charge on any atom is 0.142 e. The van der Waals surface area contributed by atoms with Crippen LogP contribution in [0.2, 0.25) is 0 Å². The predicted octanol–water partition coefficient (Wildman–Crippen LogP) is 0.187. The molecule has 0 saturated carbocycles. The third kappa shape index (κ3) is 2.01. The second-order valence-corrected chi connectivity index (χ2v) is 3.10. The Morgan fingerprint density at radius 3 is 3.00 bits per heavy atom. The minimum atomic E-state index is 0.00157. The Balaban J connectivity index is 2.39. The number of nitrogens with two attached hydrogens (primary N) is 1. The predicted molar refractivity (Wildman–Crippen MR) is 42.2 cm³/mol. The number of carbonyl (C=O) groups excluding carboxylic acids is 1. The Morgan fingerprint density at radius 2 is 2.55 bits per heavy atom. The molecule has 1 rings (SSSR count). The SMILES string of the molecule is CC(CN)C(=O)C1CCOC1. The number of rotatable bonds is 3. The average Bonchev–Trinajstić information content (AvgIpc) is 2.53. The highest BCUT2D eigenvalue weighted by atomic mass is 16.5. The van der Waals surface area contributed by atoms with Crippen molar-refractivity contribution in [3.8, 4) is 0 Å². The Kier molecular flexibility index (Phi) is 3.02. The van der Waals surface area contributed by atoms with Gasteiger partial charge in [-0.15, -0.1) is 0 Å². The van der Waals surface area contributed by atoms with Crippen molar-refractivity contribution in [1.82, 2.24) is 0 Å². The molecule has 0 spiro atoms. The Hall–Kier alpha value is -0.410. The van der Waals surface area contributed by atoms with Crippen LogP contribution in [-0.2, 0) is 9.53 Å². The van der Waals surface area contributed by atoms with E-state index in [1.807, 2.05) is 6.92 Å². The van der Waals surface area contributed by atoms with Crippen LogP contribution in [0.1, 0.15) is 13.3 Å². The van der Waals surface area contributed by atoms with Gasteiger partial charge in [0.25, 0.3) is 0 Å². The van der Waals surface area contributed by atoms with Crippen LogP contribution in [-0.4, -0.2) is 25.5 Å². The molecular weight excluding hydrogens is 142 g/mol. The van der Waals surface area contributed by atoms with Crippen molar-refractivity contribution in [2.75, 3.05) is 19.8 Å². The molecule has 3 heteroatoms. The van der Waals surface area contributed by atoms with Gasteiger partial charge in [-0.05, 0) is 6.42 Å². The van der Waals surface area contributed by atoms with Crippen LogP contribution in [0.3, 0.4) is 0 Å². The monoisotopic (exact) mass is 157 g/mol. The van der Waals surface area contributed by atoms with Crippen LogP contribution in [0.5, 0.6) is 0 Å². The lowest BCUT2D eigenvalue weighted by Gasteiger charge is -2.11. The highest BCUT2D eigenvalue weighted by Crippen LogP contribution is 2.16. The molecule has 0 amide bonds. The first kappa shape index (κ1) is 8.68. The maximum atomic E-state index is 11.4. The Morgan fingerprint density at radius 1 is 1.82 bits per heavy atom. The van der Waals surface area contributed by atoms with E-state index in [2.05, 4.69) is 0 Å². The van der Waals surface area contributed by atoms with Crippen LogP contribution in [0.25, 0.3) is 0 Å². The van der Waals surface area contributed by atoms with Gasteiger partial charge in [0.1, 0.15) is 5.78 Å². The summed E-state index contributed by atoms with van der Waals surface area (Å²) >= 11 is 0. The van der Waals surface area contributed by atoms with Gasteiger partial charge < -0.3 is 10.5 Å². The average molecular weight is 157 g/mol. The summed E-state index contributed by atoms with van der Waals surface area (Å²) in [6, 6.07) is 0. The fraction of sp³-hybridized carbons (Fsp3) is 0.875. The summed E-state index contributed by atoms with van der Waals surface area (Å²) in [7, 11) is 0. The molecule has 0 aliphatic carbocycles. The Labute approximate surface area is 66.9 Å². The minimum absolute atomic E-state index is 0.00157. The summed E-state index contributed by atoms with van der Waals surface area (Å²) in [4.78, 5) is 11.4. The van der Waals surface area contributed by atoms with E-state index in [9.17, 15) is 4.79 Å². The van der Waals surface area contributed by atoms with Gasteiger partial charge in [0.15, 0.2) is 0 Å². The fourth-order valence-corrected chi connectivity index (χ4v) is 1.28. The third-order valence-corrected chi connectivity index (χ3v) is 2.17. The van der Waals surface area contributed by atoms with Crippen molar-refractivity contribution in [2.45, 2.75) is 13.3 Å². The first-order chi connectivity index (χ1) is 5.25. The second-order valence-electron chi connectivity index (χ2n) is 3.10. The van der Waals surface area contributed by atoms with Crippen LogP contribution in [0.15, 0.2) is 0 Å². The topological polar surface area (TPSA) is 52.3 Å². The van der Waals surface area contributed by atoms with E-state index >= 15 is 0 Å². The molecule has 0 aromatic carbocycles. The normalized spacial score (nSPS) is 26.9. The molecule has 2 atom stereocenters. The maximum absolute atomic E-state index is 11.4. The van der Waals surface area contributed by atoms with E-state index in [1.54, 1.807) is 0 Å². The van der Waals surface area contributed by atoms with Crippen LogP contribution < -0.4 is 5.73 Å². The quantitative estimate of drug-likeness (QED) is 0.636. The Bertz CT molecular complexity index is 141. The van der Waals surface area contributed by atoms with Crippen LogP contribution in [0, 0.1) is 11.8 Å². The minimum Gasteiger partial charge on any atom is -0.381 e. The first-order valence-corrected chi connectivity index (χ1v) is 4.07. The molecule has 2 unspecified atom stereocenters. The summed E-state index contributed by atoms with van der Waals surface area (Å²) in [5.74, 6) is 0.389. The highest BCUT2D eigenvalue weighted by molar-refractivity contribution is 5.83. The number of ether oxygens (including phenoxy) is 1. The second kappa shape index (κ2) is 3.83. The lowest BCUT2D eigenvalue weighted by molar-refractivity contribution is -0.125. The van der Waals surface area contributed by atoms with E-state index in [0.717, 1.165) is 13.0 Å². The molecule has 0 radical (unpaired) electrons. The van der Waals surface area contributed by atoms with Crippen molar-refractivity contribution >= 4 is 5.78 Å². The third-order valence-electron chi connectivity index (χ3n) is 2.17. The lowest BCUT2D eigenvalue weighted by atomic mass is 9.94. The van der Waals surface area contributed by atoms with Crippen molar-refractivity contribution in [1.29, 1.82) is 0 Å². The van der Waals surface area contributed by atoms with Crippen LogP contribution in [0.4, 0.5) is 0 Å². The van der Waals surface area contributed by atoms with E-state index < -0.39 is 0 Å². The molecule has 1 aliphatic heterocycles. The van der Waals surface area contributed by atoms with Gasteiger partial charge in [-0.25, -0.2) is 0 Å². The summed E-state index contributed by atoms with van der Waals surface area (Å²) in [5.41, 5.74) is 5.38. The standard InChI is InChI=1S/C8H15NO2/c1-6(4-9)8(10)7-2-3-11-5-7/h6-7H,2-5,9H2,1H3. The van der Waals surface area contributed by atoms with E-state index in [4.69, 9.17) is 10.5 Å². The molecule has 2 N–H and O–H groups in total. The molecule has 3 nitrogen and oxygen atoms in total. The molecule has 1 fully saturated rings. The largest absolute Gasteiger partial charge is 0.381 e. The zero-order chi connectivity index (χ0) is 8.27.